The number of carbonyl (C=O) groups is 2. The Morgan fingerprint density at radius 2 is 2.00 bits per heavy atom. The van der Waals surface area contributed by atoms with Gasteiger partial charge in [-0.1, -0.05) is 0 Å². The van der Waals surface area contributed by atoms with Gasteiger partial charge in [0.25, 0.3) is 0 Å². The van der Waals surface area contributed by atoms with E-state index >= 15 is 0 Å². The van der Waals surface area contributed by atoms with E-state index in [1.54, 1.807) is 25.1 Å². The van der Waals surface area contributed by atoms with Gasteiger partial charge in [-0.15, -0.1) is 0 Å². The highest BCUT2D eigenvalue weighted by Gasteiger charge is 2.10. The number of methoxy groups -OCH3 is 1. The van der Waals surface area contributed by atoms with Crippen LogP contribution in [0.5, 0.6) is 11.5 Å². The van der Waals surface area contributed by atoms with Gasteiger partial charge in [0.2, 0.25) is 0 Å². The molecule has 2 amide bonds. The van der Waals surface area contributed by atoms with Gasteiger partial charge in [-0.3, -0.25) is 9.59 Å². The number of carbonyl (C=O) groups excluding carboxylic acids is 2. The van der Waals surface area contributed by atoms with Gasteiger partial charge >= 0.3 is 11.8 Å². The number of hydrogen-bond donors (Lipinski definition) is 2. The fourth-order valence-electron chi connectivity index (χ4n) is 1.50. The number of likely N-dealkylation sites (N-methyl/N-ethyl adjacent to an activating group) is 1. The van der Waals surface area contributed by atoms with Crippen molar-refractivity contribution < 1.29 is 19.1 Å². The molecule has 0 atom stereocenters. The number of amides is 2. The Morgan fingerprint density at radius 1 is 1.24 bits per heavy atom. The summed E-state index contributed by atoms with van der Waals surface area (Å²) in [4.78, 5) is 22.5. The molecule has 1 rings (SSSR count). The summed E-state index contributed by atoms with van der Waals surface area (Å²) in [5.74, 6) is -0.343. The van der Waals surface area contributed by atoms with Crippen molar-refractivity contribution in [3.8, 4) is 11.5 Å². The van der Waals surface area contributed by atoms with E-state index < -0.39 is 11.8 Å². The van der Waals surface area contributed by atoms with Crippen molar-refractivity contribution in [2.45, 2.75) is 13.8 Å². The maximum atomic E-state index is 11.3. The first-order chi connectivity index (χ1) is 10.1. The van der Waals surface area contributed by atoms with E-state index in [-0.39, 0.29) is 0 Å². The van der Waals surface area contributed by atoms with Crippen LogP contribution in [0.2, 0.25) is 0 Å². The lowest BCUT2D eigenvalue weighted by Crippen LogP contribution is -2.37. The molecule has 0 spiro atoms. The van der Waals surface area contributed by atoms with Gasteiger partial charge in [-0.25, -0.2) is 5.43 Å². The highest BCUT2D eigenvalue weighted by Crippen LogP contribution is 2.27. The monoisotopic (exact) mass is 293 g/mol. The van der Waals surface area contributed by atoms with Crippen LogP contribution in [0.3, 0.4) is 0 Å². The highest BCUT2D eigenvalue weighted by atomic mass is 16.5. The van der Waals surface area contributed by atoms with Gasteiger partial charge in [-0.2, -0.15) is 5.10 Å². The number of ether oxygens (including phenoxy) is 2. The van der Waals surface area contributed by atoms with Crippen LogP contribution in [0, 0.1) is 0 Å². The van der Waals surface area contributed by atoms with Crippen molar-refractivity contribution in [2.75, 3.05) is 20.3 Å². The average Bonchev–Trinajstić information content (AvgIpc) is 2.49. The normalized spacial score (nSPS) is 10.2. The molecule has 0 unspecified atom stereocenters. The molecule has 1 aromatic carbocycles. The summed E-state index contributed by atoms with van der Waals surface area (Å²) in [5, 5.41) is 6.09. The molecule has 0 aliphatic heterocycles. The molecule has 2 N–H and O–H groups in total. The molecule has 0 saturated heterocycles. The van der Waals surface area contributed by atoms with Crippen LogP contribution in [0.1, 0.15) is 19.4 Å². The second-order valence-corrected chi connectivity index (χ2v) is 3.90. The maximum absolute atomic E-state index is 11.3. The zero-order chi connectivity index (χ0) is 15.7. The van der Waals surface area contributed by atoms with Gasteiger partial charge in [0, 0.05) is 6.54 Å². The summed E-state index contributed by atoms with van der Waals surface area (Å²) in [7, 11) is 1.54. The molecule has 0 bridgehead atoms. The van der Waals surface area contributed by atoms with Crippen LogP contribution in [0.15, 0.2) is 23.3 Å². The Labute approximate surface area is 123 Å². The molecule has 1 aromatic rings. The minimum atomic E-state index is -0.814. The van der Waals surface area contributed by atoms with Gasteiger partial charge in [0.05, 0.1) is 19.9 Å². The molecule has 0 aliphatic rings. The van der Waals surface area contributed by atoms with Crippen molar-refractivity contribution in [2.24, 2.45) is 5.10 Å². The predicted octanol–water partition coefficient (Wildman–Crippen LogP) is 0.680. The summed E-state index contributed by atoms with van der Waals surface area (Å²) in [6, 6.07) is 5.22. The third-order valence-corrected chi connectivity index (χ3v) is 2.41. The van der Waals surface area contributed by atoms with E-state index in [1.165, 1.54) is 13.3 Å². The number of benzene rings is 1. The zero-order valence-corrected chi connectivity index (χ0v) is 12.3. The maximum Gasteiger partial charge on any atom is 0.329 e. The van der Waals surface area contributed by atoms with Gasteiger partial charge in [0.15, 0.2) is 11.5 Å². The first-order valence-electron chi connectivity index (χ1n) is 6.54. The summed E-state index contributed by atoms with van der Waals surface area (Å²) >= 11 is 0. The van der Waals surface area contributed by atoms with Crippen molar-refractivity contribution in [3.05, 3.63) is 23.8 Å². The summed E-state index contributed by atoms with van der Waals surface area (Å²) in [6.07, 6.45) is 1.41. The topological polar surface area (TPSA) is 89.0 Å². The van der Waals surface area contributed by atoms with Crippen molar-refractivity contribution in [1.82, 2.24) is 10.7 Å². The molecular formula is C14H19N3O4. The summed E-state index contributed by atoms with van der Waals surface area (Å²) < 4.78 is 10.6. The van der Waals surface area contributed by atoms with Crippen molar-refractivity contribution >= 4 is 18.0 Å². The quantitative estimate of drug-likeness (QED) is 0.458. The molecule has 114 valence electrons. The molecule has 7 heteroatoms. The number of hydrogen-bond acceptors (Lipinski definition) is 5. The second kappa shape index (κ2) is 8.57. The minimum Gasteiger partial charge on any atom is -0.493 e. The Morgan fingerprint density at radius 3 is 2.62 bits per heavy atom. The first-order valence-corrected chi connectivity index (χ1v) is 6.54. The summed E-state index contributed by atoms with van der Waals surface area (Å²) in [5.41, 5.74) is 2.84. The van der Waals surface area contributed by atoms with Crippen LogP contribution in [0.25, 0.3) is 0 Å². The fourth-order valence-corrected chi connectivity index (χ4v) is 1.50. The molecular weight excluding hydrogens is 274 g/mol. The van der Waals surface area contributed by atoms with E-state index in [4.69, 9.17) is 9.47 Å². The SMILES string of the molecule is CCNC(=O)C(=O)N/N=C\c1ccc(OCC)c(OC)c1. The molecule has 7 nitrogen and oxygen atoms in total. The van der Waals surface area contributed by atoms with Crippen molar-refractivity contribution in [3.63, 3.8) is 0 Å². The Hall–Kier alpha value is -2.57. The molecule has 0 saturated carbocycles. The van der Waals surface area contributed by atoms with E-state index in [2.05, 4.69) is 15.8 Å². The minimum absolute atomic E-state index is 0.381. The van der Waals surface area contributed by atoms with E-state index in [1.807, 2.05) is 6.92 Å². The predicted molar refractivity (Wildman–Crippen MR) is 78.6 cm³/mol. The number of hydrazone groups is 1. The van der Waals surface area contributed by atoms with Crippen LogP contribution >= 0.6 is 0 Å². The van der Waals surface area contributed by atoms with Crippen LogP contribution in [0.4, 0.5) is 0 Å². The van der Waals surface area contributed by atoms with Gasteiger partial charge in [0.1, 0.15) is 0 Å². The molecule has 0 aliphatic carbocycles. The van der Waals surface area contributed by atoms with Gasteiger partial charge < -0.3 is 14.8 Å². The standard InChI is InChI=1S/C14H19N3O4/c1-4-15-13(18)14(19)17-16-9-10-6-7-11(21-5-2)12(8-10)20-3/h6-9H,4-5H2,1-3H3,(H,15,18)(H,17,19)/b16-9-. The Bertz CT molecular complexity index is 529. The number of nitrogens with one attached hydrogen (secondary N) is 2. The molecule has 21 heavy (non-hydrogen) atoms. The fraction of sp³-hybridized carbons (Fsp3) is 0.357. The molecule has 0 heterocycles. The van der Waals surface area contributed by atoms with Gasteiger partial charge in [-0.05, 0) is 37.6 Å². The van der Waals surface area contributed by atoms with Crippen LogP contribution in [-0.2, 0) is 9.59 Å². The highest BCUT2D eigenvalue weighted by molar-refractivity contribution is 6.35. The molecule has 0 aromatic heterocycles. The number of nitrogens with zero attached hydrogens (tertiary/aromatic N) is 1. The van der Waals surface area contributed by atoms with E-state index in [0.29, 0.717) is 30.2 Å². The molecule has 0 radical (unpaired) electrons. The summed E-state index contributed by atoms with van der Waals surface area (Å²) in [6.45, 7) is 4.52. The molecule has 0 fully saturated rings. The lowest BCUT2D eigenvalue weighted by Gasteiger charge is -2.09. The number of rotatable bonds is 6. The van der Waals surface area contributed by atoms with Crippen molar-refractivity contribution in [1.29, 1.82) is 0 Å². The second-order valence-electron chi connectivity index (χ2n) is 3.90. The van der Waals surface area contributed by atoms with E-state index in [9.17, 15) is 9.59 Å². The Balaban J connectivity index is 2.68. The van der Waals surface area contributed by atoms with E-state index in [0.717, 1.165) is 0 Å². The third kappa shape index (κ3) is 5.13. The smallest absolute Gasteiger partial charge is 0.329 e. The van der Waals surface area contributed by atoms with Crippen LogP contribution in [-0.4, -0.2) is 38.3 Å². The average molecular weight is 293 g/mol. The lowest BCUT2D eigenvalue weighted by atomic mass is 10.2. The van der Waals surface area contributed by atoms with Crippen LogP contribution < -0.4 is 20.2 Å². The lowest BCUT2D eigenvalue weighted by molar-refractivity contribution is -0.139. The zero-order valence-electron chi connectivity index (χ0n) is 12.3. The Kier molecular flexibility index (Phi) is 6.73. The largest absolute Gasteiger partial charge is 0.493 e. The first kappa shape index (κ1) is 16.5. The third-order valence-electron chi connectivity index (χ3n) is 2.41.